The maximum absolute atomic E-state index is 13.0. The number of ether oxygens (including phenoxy) is 1. The molecule has 9 heteroatoms. The molecular weight excluding hydrogens is 334 g/mol. The molecule has 2 aliphatic rings. The molecule has 1 unspecified atom stereocenters. The summed E-state index contributed by atoms with van der Waals surface area (Å²) in [6, 6.07) is 5.47. The number of nitrogens with two attached hydrogens (primary N) is 1. The minimum atomic E-state index is -3.94. The highest BCUT2D eigenvalue weighted by atomic mass is 32.2. The second-order valence-electron chi connectivity index (χ2n) is 6.43. The number of nitrogens with zero attached hydrogens (tertiary/aromatic N) is 2. The Hall–Kier alpha value is -1.55. The van der Waals surface area contributed by atoms with Gasteiger partial charge in [-0.15, -0.1) is 0 Å². The molecule has 1 spiro atoms. The Morgan fingerprint density at radius 1 is 1.33 bits per heavy atom. The number of rotatable bonds is 4. The fourth-order valence-electron chi connectivity index (χ4n) is 3.80. The van der Waals surface area contributed by atoms with Crippen LogP contribution in [0.15, 0.2) is 29.2 Å². The van der Waals surface area contributed by atoms with Gasteiger partial charge in [-0.2, -0.15) is 4.31 Å². The summed E-state index contributed by atoms with van der Waals surface area (Å²) < 4.78 is 32.8. The molecule has 0 amide bonds. The molecule has 2 fully saturated rings. The third kappa shape index (κ3) is 2.81. The average Bonchev–Trinajstić information content (AvgIpc) is 2.94. The Kier molecular flexibility index (Phi) is 4.60. The van der Waals surface area contributed by atoms with Crippen molar-refractivity contribution >= 4 is 15.7 Å². The van der Waals surface area contributed by atoms with Gasteiger partial charge in [0.1, 0.15) is 0 Å². The maximum Gasteiger partial charge on any atom is 0.289 e. The van der Waals surface area contributed by atoms with Crippen LogP contribution >= 0.6 is 0 Å². The largest absolute Gasteiger partial charge is 0.381 e. The van der Waals surface area contributed by atoms with Crippen LogP contribution in [0.1, 0.15) is 12.8 Å². The first-order valence-corrected chi connectivity index (χ1v) is 9.36. The Balaban J connectivity index is 1.96. The molecule has 1 aromatic rings. The number of sulfonamides is 1. The summed E-state index contributed by atoms with van der Waals surface area (Å²) in [5.74, 6) is 0.0407. The zero-order valence-corrected chi connectivity index (χ0v) is 14.1. The van der Waals surface area contributed by atoms with E-state index in [1.165, 1.54) is 28.6 Å². The Labute approximate surface area is 140 Å². The Morgan fingerprint density at radius 3 is 2.62 bits per heavy atom. The minimum Gasteiger partial charge on any atom is -0.381 e. The van der Waals surface area contributed by atoms with Crippen LogP contribution in [0.3, 0.4) is 0 Å². The van der Waals surface area contributed by atoms with Crippen LogP contribution in [0.25, 0.3) is 0 Å². The van der Waals surface area contributed by atoms with Crippen molar-refractivity contribution in [2.75, 3.05) is 32.8 Å². The third-order valence-electron chi connectivity index (χ3n) is 5.23. The molecule has 24 heavy (non-hydrogen) atoms. The van der Waals surface area contributed by atoms with E-state index in [0.717, 1.165) is 12.8 Å². The quantitative estimate of drug-likeness (QED) is 0.635. The van der Waals surface area contributed by atoms with E-state index in [0.29, 0.717) is 32.8 Å². The first-order chi connectivity index (χ1) is 11.4. The van der Waals surface area contributed by atoms with Crippen LogP contribution in [0.2, 0.25) is 0 Å². The summed E-state index contributed by atoms with van der Waals surface area (Å²) in [7, 11) is -3.94. The van der Waals surface area contributed by atoms with Crippen LogP contribution < -0.4 is 5.73 Å². The Bertz CT molecular complexity index is 730. The number of nitro benzene ring substituents is 1. The molecule has 1 atom stereocenters. The van der Waals surface area contributed by atoms with Crippen LogP contribution in [-0.2, 0) is 14.8 Å². The molecule has 2 heterocycles. The molecular formula is C15H21N3O5S. The van der Waals surface area contributed by atoms with Gasteiger partial charge in [0.25, 0.3) is 5.69 Å². The van der Waals surface area contributed by atoms with Crippen LogP contribution in [-0.4, -0.2) is 50.5 Å². The summed E-state index contributed by atoms with van der Waals surface area (Å²) in [6.07, 6.45) is 1.52. The first-order valence-electron chi connectivity index (χ1n) is 7.92. The van der Waals surface area contributed by atoms with E-state index in [1.807, 2.05) is 0 Å². The molecule has 132 valence electrons. The van der Waals surface area contributed by atoms with Crippen LogP contribution in [0, 0.1) is 21.4 Å². The number of benzene rings is 1. The zero-order chi connectivity index (χ0) is 17.4. The smallest absolute Gasteiger partial charge is 0.289 e. The molecule has 0 aliphatic carbocycles. The summed E-state index contributed by atoms with van der Waals surface area (Å²) in [6.45, 7) is 2.21. The van der Waals surface area contributed by atoms with Crippen molar-refractivity contribution in [3.8, 4) is 0 Å². The fraction of sp³-hybridized carbons (Fsp3) is 0.600. The summed E-state index contributed by atoms with van der Waals surface area (Å²) in [4.78, 5) is 10.3. The van der Waals surface area contributed by atoms with Crippen molar-refractivity contribution in [2.45, 2.75) is 17.7 Å². The van der Waals surface area contributed by atoms with Gasteiger partial charge in [0, 0.05) is 32.4 Å². The second-order valence-corrected chi connectivity index (χ2v) is 8.34. The molecule has 0 saturated carbocycles. The lowest BCUT2D eigenvalue weighted by molar-refractivity contribution is -0.387. The highest BCUT2D eigenvalue weighted by Gasteiger charge is 2.50. The fourth-order valence-corrected chi connectivity index (χ4v) is 5.54. The topological polar surface area (TPSA) is 116 Å². The molecule has 0 bridgehead atoms. The highest BCUT2D eigenvalue weighted by Crippen LogP contribution is 2.45. The van der Waals surface area contributed by atoms with E-state index in [1.54, 1.807) is 0 Å². The van der Waals surface area contributed by atoms with Crippen molar-refractivity contribution in [1.82, 2.24) is 4.31 Å². The SMILES string of the molecule is NCC1CN(S(=O)(=O)c2ccccc2[N+](=O)[O-])CC12CCOCC2. The van der Waals surface area contributed by atoms with E-state index in [4.69, 9.17) is 10.5 Å². The van der Waals surface area contributed by atoms with E-state index in [9.17, 15) is 18.5 Å². The molecule has 3 rings (SSSR count). The lowest BCUT2D eigenvalue weighted by Gasteiger charge is -2.37. The lowest BCUT2D eigenvalue weighted by atomic mass is 9.72. The monoisotopic (exact) mass is 355 g/mol. The van der Waals surface area contributed by atoms with E-state index < -0.39 is 20.6 Å². The highest BCUT2D eigenvalue weighted by molar-refractivity contribution is 7.89. The number of hydrogen-bond donors (Lipinski definition) is 1. The summed E-state index contributed by atoms with van der Waals surface area (Å²) in [5.41, 5.74) is 5.31. The predicted octanol–water partition coefficient (Wildman–Crippen LogP) is 0.971. The molecule has 2 N–H and O–H groups in total. The van der Waals surface area contributed by atoms with Gasteiger partial charge in [-0.3, -0.25) is 10.1 Å². The van der Waals surface area contributed by atoms with Crippen LogP contribution in [0.5, 0.6) is 0 Å². The van der Waals surface area contributed by atoms with Gasteiger partial charge < -0.3 is 10.5 Å². The van der Waals surface area contributed by atoms with E-state index in [-0.39, 0.29) is 16.2 Å². The Morgan fingerprint density at radius 2 is 2.00 bits per heavy atom. The van der Waals surface area contributed by atoms with Crippen LogP contribution in [0.4, 0.5) is 5.69 Å². The van der Waals surface area contributed by atoms with Crippen molar-refractivity contribution in [1.29, 1.82) is 0 Å². The molecule has 8 nitrogen and oxygen atoms in total. The number of hydrogen-bond acceptors (Lipinski definition) is 6. The van der Waals surface area contributed by atoms with Gasteiger partial charge >= 0.3 is 0 Å². The normalized spacial score (nSPS) is 24.3. The molecule has 0 aromatic heterocycles. The van der Waals surface area contributed by atoms with Gasteiger partial charge in [0.2, 0.25) is 10.0 Å². The third-order valence-corrected chi connectivity index (χ3v) is 7.09. The van der Waals surface area contributed by atoms with Crippen molar-refractivity contribution in [3.05, 3.63) is 34.4 Å². The first kappa shape index (κ1) is 17.3. The zero-order valence-electron chi connectivity index (χ0n) is 13.3. The van der Waals surface area contributed by atoms with Gasteiger partial charge in [-0.25, -0.2) is 8.42 Å². The van der Waals surface area contributed by atoms with Gasteiger partial charge in [-0.1, -0.05) is 12.1 Å². The number of para-hydroxylation sites is 1. The average molecular weight is 355 g/mol. The molecule has 2 aliphatic heterocycles. The minimum absolute atomic E-state index is 0.0407. The van der Waals surface area contributed by atoms with Gasteiger partial charge in [-0.05, 0) is 36.8 Å². The number of nitro groups is 1. The summed E-state index contributed by atoms with van der Waals surface area (Å²) in [5, 5.41) is 11.2. The van der Waals surface area contributed by atoms with Crippen molar-refractivity contribution in [3.63, 3.8) is 0 Å². The summed E-state index contributed by atoms with van der Waals surface area (Å²) >= 11 is 0. The molecule has 2 saturated heterocycles. The van der Waals surface area contributed by atoms with Gasteiger partial charge in [0.15, 0.2) is 4.90 Å². The molecule has 1 aromatic carbocycles. The maximum atomic E-state index is 13.0. The second kappa shape index (κ2) is 6.40. The lowest BCUT2D eigenvalue weighted by Crippen LogP contribution is -2.40. The van der Waals surface area contributed by atoms with Crippen molar-refractivity contribution < 1.29 is 18.1 Å². The molecule has 0 radical (unpaired) electrons. The van der Waals surface area contributed by atoms with E-state index >= 15 is 0 Å². The van der Waals surface area contributed by atoms with Gasteiger partial charge in [0.05, 0.1) is 4.92 Å². The standard InChI is InChI=1S/C15H21N3O5S/c16-9-12-10-17(11-15(12)5-7-23-8-6-15)24(21,22)14-4-2-1-3-13(14)18(19)20/h1-4,12H,5-11,16H2. The predicted molar refractivity (Wildman–Crippen MR) is 86.9 cm³/mol. The van der Waals surface area contributed by atoms with E-state index in [2.05, 4.69) is 0 Å². The van der Waals surface area contributed by atoms with Crippen molar-refractivity contribution in [2.24, 2.45) is 17.1 Å².